The second-order valence-electron chi connectivity index (χ2n) is 6.14. The number of hydrogen-bond acceptors (Lipinski definition) is 6. The van der Waals surface area contributed by atoms with Crippen LogP contribution in [0.2, 0.25) is 5.02 Å². The van der Waals surface area contributed by atoms with Crippen molar-refractivity contribution in [2.24, 2.45) is 5.92 Å². The summed E-state index contributed by atoms with van der Waals surface area (Å²) in [4.78, 5) is 45.5. The number of hydrogen-bond donors (Lipinski definition) is 0. The van der Waals surface area contributed by atoms with E-state index in [2.05, 4.69) is 4.74 Å². The lowest BCUT2D eigenvalue weighted by atomic mass is 9.90. The van der Waals surface area contributed by atoms with Crippen molar-refractivity contribution < 1.29 is 54.8 Å². The first-order valence-electron chi connectivity index (χ1n) is 7.83. The number of alkyl halides is 7. The zero-order valence-electron chi connectivity index (χ0n) is 15.4. The van der Waals surface area contributed by atoms with Gasteiger partial charge >= 0.3 is 18.0 Å². The molecule has 0 saturated heterocycles. The van der Waals surface area contributed by atoms with Gasteiger partial charge in [-0.15, -0.1) is 0 Å². The third kappa shape index (κ3) is 5.29. The number of benzene rings is 1. The molecule has 172 valence electrons. The first-order chi connectivity index (χ1) is 13.8. The summed E-state index contributed by atoms with van der Waals surface area (Å²) in [5.41, 5.74) is -2.13. The molecule has 0 aliphatic heterocycles. The van der Waals surface area contributed by atoms with E-state index in [0.717, 1.165) is 13.8 Å². The van der Waals surface area contributed by atoms with Crippen molar-refractivity contribution in [1.29, 1.82) is 0 Å². The van der Waals surface area contributed by atoms with Crippen LogP contribution in [-0.4, -0.2) is 46.9 Å². The number of Topliss-reactive ketones (excluding diaryl/α,β-unsaturated/α-hetero) is 3. The largest absolute Gasteiger partial charge is 0.485 e. The SMILES string of the molecule is CC(=O)C(C(C)=O)C(=O)c1cc(OCC(F)(F)C(F)(F)C(F)(F)F)c(Cl)cc1[N+](=O)[O-]. The Morgan fingerprint density at radius 3 is 1.94 bits per heavy atom. The van der Waals surface area contributed by atoms with E-state index < -0.39 is 74.8 Å². The molecular formula is C16H11ClF7NO6. The van der Waals surface area contributed by atoms with Crippen LogP contribution in [0.25, 0.3) is 0 Å². The number of carbonyl (C=O) groups is 3. The topological polar surface area (TPSA) is 104 Å². The molecule has 0 saturated carbocycles. The van der Waals surface area contributed by atoms with Gasteiger partial charge in [0.1, 0.15) is 28.8 Å². The Labute approximate surface area is 173 Å². The van der Waals surface area contributed by atoms with E-state index in [0.29, 0.717) is 12.1 Å². The summed E-state index contributed by atoms with van der Waals surface area (Å²) in [5.74, 6) is -18.9. The van der Waals surface area contributed by atoms with Gasteiger partial charge in [0.15, 0.2) is 12.4 Å². The molecule has 0 radical (unpaired) electrons. The maximum atomic E-state index is 13.4. The van der Waals surface area contributed by atoms with E-state index in [1.807, 2.05) is 0 Å². The van der Waals surface area contributed by atoms with Crippen LogP contribution in [-0.2, 0) is 9.59 Å². The minimum atomic E-state index is -6.63. The van der Waals surface area contributed by atoms with Crippen molar-refractivity contribution >= 4 is 34.6 Å². The molecule has 0 aliphatic carbocycles. The van der Waals surface area contributed by atoms with Gasteiger partial charge in [-0.2, -0.15) is 30.7 Å². The van der Waals surface area contributed by atoms with Crippen LogP contribution in [0.3, 0.4) is 0 Å². The van der Waals surface area contributed by atoms with Crippen molar-refractivity contribution in [3.8, 4) is 5.75 Å². The summed E-state index contributed by atoms with van der Waals surface area (Å²) in [7, 11) is 0. The van der Waals surface area contributed by atoms with Crippen LogP contribution in [0, 0.1) is 16.0 Å². The number of rotatable bonds is 9. The standard InChI is InChI=1S/C16H11ClF7NO6/c1-6(26)12(7(2)27)13(28)8-3-11(9(17)4-10(8)25(29)30)31-5-14(18,19)15(20,21)16(22,23)24/h3-4,12H,5H2,1-2H3. The van der Waals surface area contributed by atoms with Gasteiger partial charge in [0, 0.05) is 6.07 Å². The molecule has 31 heavy (non-hydrogen) atoms. The van der Waals surface area contributed by atoms with Crippen LogP contribution in [0.5, 0.6) is 5.75 Å². The lowest BCUT2D eigenvalue weighted by Crippen LogP contribution is -2.54. The first kappa shape index (κ1) is 26.3. The summed E-state index contributed by atoms with van der Waals surface area (Å²) in [6.45, 7) is -0.959. The molecule has 0 spiro atoms. The van der Waals surface area contributed by atoms with Gasteiger partial charge in [-0.25, -0.2) is 0 Å². The maximum absolute atomic E-state index is 13.4. The van der Waals surface area contributed by atoms with Gasteiger partial charge < -0.3 is 4.74 Å². The minimum Gasteiger partial charge on any atom is -0.485 e. The van der Waals surface area contributed by atoms with Gasteiger partial charge in [-0.1, -0.05) is 11.6 Å². The Morgan fingerprint density at radius 1 is 1.06 bits per heavy atom. The van der Waals surface area contributed by atoms with Crippen LogP contribution >= 0.6 is 11.6 Å². The molecule has 0 heterocycles. The molecule has 0 aromatic heterocycles. The van der Waals surface area contributed by atoms with Crippen molar-refractivity contribution in [2.45, 2.75) is 31.9 Å². The predicted molar refractivity (Wildman–Crippen MR) is 88.7 cm³/mol. The number of halogens is 8. The van der Waals surface area contributed by atoms with Crippen LogP contribution in [0.15, 0.2) is 12.1 Å². The molecule has 0 unspecified atom stereocenters. The number of ether oxygens (including phenoxy) is 1. The Kier molecular flexibility index (Phi) is 7.43. The highest BCUT2D eigenvalue weighted by Gasteiger charge is 2.73. The first-order valence-corrected chi connectivity index (χ1v) is 8.21. The van der Waals surface area contributed by atoms with Crippen molar-refractivity contribution in [2.75, 3.05) is 6.61 Å². The number of nitro benzene ring substituents is 1. The third-order valence-corrected chi connectivity index (χ3v) is 4.11. The fourth-order valence-corrected chi connectivity index (χ4v) is 2.49. The van der Waals surface area contributed by atoms with E-state index in [1.54, 1.807) is 0 Å². The summed E-state index contributed by atoms with van der Waals surface area (Å²) < 4.78 is 93.5. The molecule has 15 heteroatoms. The van der Waals surface area contributed by atoms with Crippen LogP contribution in [0.1, 0.15) is 24.2 Å². The van der Waals surface area contributed by atoms with E-state index in [-0.39, 0.29) is 0 Å². The Morgan fingerprint density at radius 2 is 1.55 bits per heavy atom. The number of ketones is 3. The summed E-state index contributed by atoms with van der Waals surface area (Å²) in [6, 6.07) is 0.658. The lowest BCUT2D eigenvalue weighted by molar-refractivity contribution is -0.385. The Bertz CT molecular complexity index is 918. The van der Waals surface area contributed by atoms with Crippen molar-refractivity contribution in [1.82, 2.24) is 0 Å². The minimum absolute atomic E-state index is 0.295. The molecule has 0 fully saturated rings. The van der Waals surface area contributed by atoms with Crippen molar-refractivity contribution in [3.63, 3.8) is 0 Å². The van der Waals surface area contributed by atoms with Crippen LogP contribution in [0.4, 0.5) is 36.4 Å². The highest BCUT2D eigenvalue weighted by molar-refractivity contribution is 6.33. The Balaban J connectivity index is 3.45. The van der Waals surface area contributed by atoms with Gasteiger partial charge in [-0.3, -0.25) is 24.5 Å². The quantitative estimate of drug-likeness (QED) is 0.170. The van der Waals surface area contributed by atoms with Gasteiger partial charge in [0.25, 0.3) is 5.69 Å². The summed E-state index contributed by atoms with van der Waals surface area (Å²) in [5, 5.41) is 10.3. The van der Waals surface area contributed by atoms with Gasteiger partial charge in [0.2, 0.25) is 0 Å². The number of nitrogens with zero attached hydrogens (tertiary/aromatic N) is 1. The maximum Gasteiger partial charge on any atom is 0.460 e. The number of nitro groups is 1. The molecular weight excluding hydrogens is 471 g/mol. The summed E-state index contributed by atoms with van der Waals surface area (Å²) >= 11 is 5.56. The smallest absolute Gasteiger partial charge is 0.460 e. The highest BCUT2D eigenvalue weighted by Crippen LogP contribution is 2.47. The fraction of sp³-hybridized carbons (Fsp3) is 0.438. The molecule has 1 aromatic carbocycles. The third-order valence-electron chi connectivity index (χ3n) is 3.81. The molecule has 0 atom stereocenters. The van der Waals surface area contributed by atoms with E-state index >= 15 is 0 Å². The molecule has 0 N–H and O–H groups in total. The zero-order valence-corrected chi connectivity index (χ0v) is 16.1. The average Bonchev–Trinajstić information content (AvgIpc) is 2.58. The lowest BCUT2D eigenvalue weighted by Gasteiger charge is -2.28. The normalized spacial score (nSPS) is 12.6. The van der Waals surface area contributed by atoms with Gasteiger partial charge in [-0.05, 0) is 19.9 Å². The highest BCUT2D eigenvalue weighted by atomic mass is 35.5. The second-order valence-corrected chi connectivity index (χ2v) is 6.55. The van der Waals surface area contributed by atoms with E-state index in [4.69, 9.17) is 11.6 Å². The van der Waals surface area contributed by atoms with Gasteiger partial charge in [0.05, 0.1) is 9.95 Å². The predicted octanol–water partition coefficient (Wildman–Crippen LogP) is 4.44. The molecule has 1 rings (SSSR count). The van der Waals surface area contributed by atoms with E-state index in [1.165, 1.54) is 0 Å². The molecule has 0 amide bonds. The fourth-order valence-electron chi connectivity index (χ4n) is 2.28. The molecule has 1 aromatic rings. The molecule has 7 nitrogen and oxygen atoms in total. The zero-order chi connectivity index (χ0) is 24.5. The monoisotopic (exact) mass is 481 g/mol. The van der Waals surface area contributed by atoms with Crippen molar-refractivity contribution in [3.05, 3.63) is 32.8 Å². The Hall–Kier alpha value is -2.77. The average molecular weight is 482 g/mol. The van der Waals surface area contributed by atoms with Crippen LogP contribution < -0.4 is 4.74 Å². The molecule has 0 aliphatic rings. The molecule has 0 bridgehead atoms. The number of carbonyl (C=O) groups excluding carboxylic acids is 3. The van der Waals surface area contributed by atoms with E-state index in [9.17, 15) is 55.2 Å². The summed E-state index contributed by atoms with van der Waals surface area (Å²) in [6.07, 6.45) is -6.63. The second kappa shape index (κ2) is 8.77.